The highest BCUT2D eigenvalue weighted by atomic mass is 14.9. The van der Waals surface area contributed by atoms with Crippen LogP contribution in [-0.2, 0) is 19.4 Å². The molecule has 84 valence electrons. The lowest BCUT2D eigenvalue weighted by atomic mass is 10.1. The normalized spacial score (nSPS) is 15.5. The summed E-state index contributed by atoms with van der Waals surface area (Å²) in [6.07, 6.45) is 9.91. The van der Waals surface area contributed by atoms with Gasteiger partial charge in [0, 0.05) is 19.0 Å². The number of hydrogen-bond acceptors (Lipinski definition) is 1. The zero-order chi connectivity index (χ0) is 11.4. The van der Waals surface area contributed by atoms with E-state index >= 15 is 0 Å². The summed E-state index contributed by atoms with van der Waals surface area (Å²) in [6.45, 7) is 3.06. The third kappa shape index (κ3) is 2.65. The number of terminal acetylenes is 1. The lowest BCUT2D eigenvalue weighted by Crippen LogP contribution is -2.24. The van der Waals surface area contributed by atoms with Crippen molar-refractivity contribution in [3.63, 3.8) is 0 Å². The van der Waals surface area contributed by atoms with Gasteiger partial charge >= 0.3 is 0 Å². The van der Waals surface area contributed by atoms with E-state index in [1.165, 1.54) is 24.8 Å². The summed E-state index contributed by atoms with van der Waals surface area (Å²) in [6, 6.07) is 7.27. The van der Waals surface area contributed by atoms with Crippen molar-refractivity contribution >= 4 is 0 Å². The van der Waals surface area contributed by atoms with Crippen LogP contribution in [0, 0.1) is 12.3 Å². The highest BCUT2D eigenvalue weighted by Crippen LogP contribution is 2.22. The quantitative estimate of drug-likeness (QED) is 0.758. The molecule has 0 saturated heterocycles. The van der Waals surface area contributed by atoms with Crippen LogP contribution in [0.25, 0.3) is 0 Å². The molecule has 0 saturated carbocycles. The molecular formula is C15H19N. The summed E-state index contributed by atoms with van der Waals surface area (Å²) < 4.78 is 0. The minimum Gasteiger partial charge on any atom is -0.309 e. The number of nitrogens with one attached hydrogen (secondary N) is 1. The summed E-state index contributed by atoms with van der Waals surface area (Å²) in [5.74, 6) is 2.68. The molecule has 1 nitrogen and oxygen atoms in total. The predicted octanol–water partition coefficient (Wildman–Crippen LogP) is 2.68. The van der Waals surface area contributed by atoms with Crippen molar-refractivity contribution in [1.82, 2.24) is 5.32 Å². The molecule has 1 heteroatoms. The highest BCUT2D eigenvalue weighted by molar-refractivity contribution is 5.35. The zero-order valence-electron chi connectivity index (χ0n) is 9.92. The first kappa shape index (κ1) is 11.2. The Morgan fingerprint density at radius 2 is 2.19 bits per heavy atom. The van der Waals surface area contributed by atoms with Crippen LogP contribution in [0.2, 0.25) is 0 Å². The standard InChI is InChI=1S/C15H19N/c1-3-5-12(2)16-11-13-8-9-14-6-4-7-15(14)10-13/h1,8-10,12,16H,4-7,11H2,2H3. The summed E-state index contributed by atoms with van der Waals surface area (Å²) in [7, 11) is 0. The average molecular weight is 213 g/mol. The van der Waals surface area contributed by atoms with Gasteiger partial charge in [-0.3, -0.25) is 0 Å². The van der Waals surface area contributed by atoms with Crippen molar-refractivity contribution in [1.29, 1.82) is 0 Å². The van der Waals surface area contributed by atoms with Crippen molar-refractivity contribution < 1.29 is 0 Å². The fourth-order valence-corrected chi connectivity index (χ4v) is 2.28. The Morgan fingerprint density at radius 1 is 1.38 bits per heavy atom. The molecule has 1 aliphatic carbocycles. The molecule has 0 aromatic heterocycles. The Kier molecular flexibility index (Phi) is 3.64. The number of benzene rings is 1. The van der Waals surface area contributed by atoms with E-state index in [1.54, 1.807) is 11.1 Å². The number of rotatable bonds is 4. The smallest absolute Gasteiger partial charge is 0.0238 e. The maximum absolute atomic E-state index is 5.28. The van der Waals surface area contributed by atoms with Gasteiger partial charge in [-0.15, -0.1) is 12.3 Å². The number of aryl methyl sites for hydroxylation is 2. The molecule has 2 rings (SSSR count). The van der Waals surface area contributed by atoms with Gasteiger partial charge in [0.1, 0.15) is 0 Å². The summed E-state index contributed by atoms with van der Waals surface area (Å²) >= 11 is 0. The fraction of sp³-hybridized carbons (Fsp3) is 0.467. The Balaban J connectivity index is 1.93. The van der Waals surface area contributed by atoms with Crippen molar-refractivity contribution in [2.75, 3.05) is 0 Å². The summed E-state index contributed by atoms with van der Waals surface area (Å²) in [4.78, 5) is 0. The Hall–Kier alpha value is -1.26. The molecule has 1 aliphatic rings. The predicted molar refractivity (Wildman–Crippen MR) is 68.2 cm³/mol. The van der Waals surface area contributed by atoms with Gasteiger partial charge in [0.15, 0.2) is 0 Å². The maximum Gasteiger partial charge on any atom is 0.0238 e. The molecule has 0 amide bonds. The molecule has 0 fully saturated rings. The largest absolute Gasteiger partial charge is 0.309 e. The van der Waals surface area contributed by atoms with E-state index in [-0.39, 0.29) is 0 Å². The van der Waals surface area contributed by atoms with Crippen molar-refractivity contribution in [3.05, 3.63) is 34.9 Å². The second-order valence-electron chi connectivity index (χ2n) is 4.65. The average Bonchev–Trinajstić information content (AvgIpc) is 2.74. The van der Waals surface area contributed by atoms with Gasteiger partial charge in [-0.25, -0.2) is 0 Å². The third-order valence-corrected chi connectivity index (χ3v) is 3.24. The first-order valence-electron chi connectivity index (χ1n) is 6.07. The molecule has 1 aromatic rings. The first-order valence-corrected chi connectivity index (χ1v) is 6.07. The molecule has 1 unspecified atom stereocenters. The molecule has 1 atom stereocenters. The lowest BCUT2D eigenvalue weighted by Gasteiger charge is -2.11. The summed E-state index contributed by atoms with van der Waals surface area (Å²) in [5, 5.41) is 3.45. The van der Waals surface area contributed by atoms with Crippen LogP contribution in [0.5, 0.6) is 0 Å². The minimum absolute atomic E-state index is 0.401. The third-order valence-electron chi connectivity index (χ3n) is 3.24. The van der Waals surface area contributed by atoms with Crippen molar-refractivity contribution in [2.24, 2.45) is 0 Å². The monoisotopic (exact) mass is 213 g/mol. The molecule has 0 spiro atoms. The fourth-order valence-electron chi connectivity index (χ4n) is 2.28. The van der Waals surface area contributed by atoms with Gasteiger partial charge in [-0.2, -0.15) is 0 Å². The Labute approximate surface area is 98.3 Å². The topological polar surface area (TPSA) is 12.0 Å². The zero-order valence-corrected chi connectivity index (χ0v) is 9.92. The summed E-state index contributed by atoms with van der Waals surface area (Å²) in [5.41, 5.74) is 4.47. The lowest BCUT2D eigenvalue weighted by molar-refractivity contribution is 0.559. The Bertz CT molecular complexity index is 400. The van der Waals surface area contributed by atoms with E-state index in [9.17, 15) is 0 Å². The molecule has 1 N–H and O–H groups in total. The molecule has 16 heavy (non-hydrogen) atoms. The first-order chi connectivity index (χ1) is 7.79. The van der Waals surface area contributed by atoms with Gasteiger partial charge in [0.25, 0.3) is 0 Å². The molecule has 0 bridgehead atoms. The van der Waals surface area contributed by atoms with Crippen LogP contribution >= 0.6 is 0 Å². The van der Waals surface area contributed by atoms with E-state index in [4.69, 9.17) is 6.42 Å². The molecular weight excluding hydrogens is 194 g/mol. The molecule has 1 aromatic carbocycles. The van der Waals surface area contributed by atoms with Crippen LogP contribution in [-0.4, -0.2) is 6.04 Å². The number of fused-ring (bicyclic) bond motifs is 1. The molecule has 0 aliphatic heterocycles. The van der Waals surface area contributed by atoms with Crippen LogP contribution in [0.3, 0.4) is 0 Å². The van der Waals surface area contributed by atoms with E-state index < -0.39 is 0 Å². The van der Waals surface area contributed by atoms with Crippen LogP contribution in [0.15, 0.2) is 18.2 Å². The SMILES string of the molecule is C#CCC(C)NCc1ccc2c(c1)CCC2. The van der Waals surface area contributed by atoms with E-state index in [1.807, 2.05) is 0 Å². The van der Waals surface area contributed by atoms with E-state index in [0.29, 0.717) is 6.04 Å². The minimum atomic E-state index is 0.401. The van der Waals surface area contributed by atoms with Gasteiger partial charge in [-0.05, 0) is 42.9 Å². The van der Waals surface area contributed by atoms with Gasteiger partial charge in [-0.1, -0.05) is 18.2 Å². The highest BCUT2D eigenvalue weighted by Gasteiger charge is 2.10. The maximum atomic E-state index is 5.28. The number of hydrogen-bond donors (Lipinski definition) is 1. The van der Waals surface area contributed by atoms with E-state index in [0.717, 1.165) is 13.0 Å². The van der Waals surface area contributed by atoms with Gasteiger partial charge in [0.2, 0.25) is 0 Å². The molecule has 0 heterocycles. The van der Waals surface area contributed by atoms with Crippen molar-refractivity contribution in [2.45, 2.75) is 45.2 Å². The van der Waals surface area contributed by atoms with Gasteiger partial charge in [0.05, 0.1) is 0 Å². The van der Waals surface area contributed by atoms with E-state index in [2.05, 4.69) is 36.4 Å². The molecule has 0 radical (unpaired) electrons. The second-order valence-corrected chi connectivity index (χ2v) is 4.65. The van der Waals surface area contributed by atoms with Crippen LogP contribution in [0.4, 0.5) is 0 Å². The second kappa shape index (κ2) is 5.18. The van der Waals surface area contributed by atoms with Crippen molar-refractivity contribution in [3.8, 4) is 12.3 Å². The van der Waals surface area contributed by atoms with Gasteiger partial charge < -0.3 is 5.32 Å². The van der Waals surface area contributed by atoms with Crippen LogP contribution < -0.4 is 5.32 Å². The van der Waals surface area contributed by atoms with Crippen LogP contribution in [0.1, 0.15) is 36.5 Å². The Morgan fingerprint density at radius 3 is 3.00 bits per heavy atom.